The lowest BCUT2D eigenvalue weighted by atomic mass is 9.88. The van der Waals surface area contributed by atoms with Gasteiger partial charge in [0.25, 0.3) is 5.91 Å². The van der Waals surface area contributed by atoms with Crippen LogP contribution in [0.25, 0.3) is 0 Å². The van der Waals surface area contributed by atoms with E-state index in [9.17, 15) is 4.79 Å². The summed E-state index contributed by atoms with van der Waals surface area (Å²) >= 11 is 6.12. The van der Waals surface area contributed by atoms with Gasteiger partial charge in [-0.05, 0) is 55.4 Å². The maximum atomic E-state index is 12.3. The van der Waals surface area contributed by atoms with E-state index in [0.29, 0.717) is 12.4 Å². The largest absolute Gasteiger partial charge is 0.351 e. The number of benzene rings is 1. The average Bonchev–Trinajstić information content (AvgIpc) is 3.13. The summed E-state index contributed by atoms with van der Waals surface area (Å²) in [6.45, 7) is 0.715. The second-order valence-electron chi connectivity index (χ2n) is 6.36. The van der Waals surface area contributed by atoms with E-state index < -0.39 is 0 Å². The van der Waals surface area contributed by atoms with Crippen molar-refractivity contribution in [2.75, 3.05) is 12.4 Å². The highest BCUT2D eigenvalue weighted by Crippen LogP contribution is 2.38. The van der Waals surface area contributed by atoms with E-state index in [1.807, 2.05) is 6.07 Å². The number of hydrogen-bond acceptors (Lipinski definition) is 1. The van der Waals surface area contributed by atoms with E-state index in [1.165, 1.54) is 30.4 Å². The van der Waals surface area contributed by atoms with Gasteiger partial charge < -0.3 is 5.32 Å². The van der Waals surface area contributed by atoms with Gasteiger partial charge in [0, 0.05) is 23.4 Å². The molecule has 1 saturated carbocycles. The van der Waals surface area contributed by atoms with Crippen molar-refractivity contribution < 1.29 is 4.79 Å². The van der Waals surface area contributed by atoms with Gasteiger partial charge in [0.05, 0.1) is 0 Å². The molecule has 2 aliphatic rings. The predicted molar refractivity (Wildman–Crippen MR) is 82.4 cm³/mol. The van der Waals surface area contributed by atoms with E-state index in [2.05, 4.69) is 17.4 Å². The number of carbonyl (C=O) groups is 1. The van der Waals surface area contributed by atoms with E-state index in [-0.39, 0.29) is 11.3 Å². The molecule has 1 N–H and O–H groups in total. The van der Waals surface area contributed by atoms with Crippen LogP contribution in [-0.2, 0) is 12.8 Å². The second-order valence-corrected chi connectivity index (χ2v) is 6.63. The maximum Gasteiger partial charge on any atom is 0.251 e. The summed E-state index contributed by atoms with van der Waals surface area (Å²) in [7, 11) is 0. The van der Waals surface area contributed by atoms with Crippen molar-refractivity contribution >= 4 is 17.5 Å². The van der Waals surface area contributed by atoms with Crippen molar-refractivity contribution in [1.29, 1.82) is 0 Å². The highest BCUT2D eigenvalue weighted by atomic mass is 35.5. The third kappa shape index (κ3) is 2.71. The monoisotopic (exact) mass is 291 g/mol. The van der Waals surface area contributed by atoms with Crippen LogP contribution >= 0.6 is 11.6 Å². The summed E-state index contributed by atoms with van der Waals surface area (Å²) < 4.78 is 0. The van der Waals surface area contributed by atoms with Crippen molar-refractivity contribution in [3.8, 4) is 0 Å². The third-order valence-electron chi connectivity index (χ3n) is 4.93. The zero-order valence-electron chi connectivity index (χ0n) is 11.9. The van der Waals surface area contributed by atoms with Crippen molar-refractivity contribution in [2.24, 2.45) is 5.41 Å². The van der Waals surface area contributed by atoms with E-state index in [0.717, 1.165) is 31.2 Å². The molecule has 0 atom stereocenters. The lowest BCUT2D eigenvalue weighted by Gasteiger charge is -2.26. The molecule has 0 saturated heterocycles. The number of halogens is 1. The topological polar surface area (TPSA) is 29.1 Å². The number of hydrogen-bond donors (Lipinski definition) is 1. The number of aryl methyl sites for hydroxylation is 2. The molecule has 20 heavy (non-hydrogen) atoms. The molecule has 0 aliphatic heterocycles. The first-order valence-electron chi connectivity index (χ1n) is 7.68. The van der Waals surface area contributed by atoms with Crippen molar-refractivity contribution in [2.45, 2.75) is 44.9 Å². The van der Waals surface area contributed by atoms with Gasteiger partial charge in [-0.15, -0.1) is 11.6 Å². The number of nitrogens with one attached hydrogen (secondary N) is 1. The van der Waals surface area contributed by atoms with E-state index in [4.69, 9.17) is 11.6 Å². The fourth-order valence-electron chi connectivity index (χ4n) is 3.57. The molecule has 108 valence electrons. The Balaban J connectivity index is 1.64. The van der Waals surface area contributed by atoms with Crippen LogP contribution in [0.4, 0.5) is 0 Å². The highest BCUT2D eigenvalue weighted by molar-refractivity contribution is 6.18. The quantitative estimate of drug-likeness (QED) is 0.842. The highest BCUT2D eigenvalue weighted by Gasteiger charge is 2.33. The van der Waals surface area contributed by atoms with Crippen LogP contribution in [-0.4, -0.2) is 18.3 Å². The lowest BCUT2D eigenvalue weighted by molar-refractivity contribution is 0.0935. The molecule has 0 spiro atoms. The normalized spacial score (nSPS) is 19.9. The van der Waals surface area contributed by atoms with Gasteiger partial charge in [-0.1, -0.05) is 18.9 Å². The molecule has 0 radical (unpaired) electrons. The molecule has 1 aromatic carbocycles. The Morgan fingerprint density at radius 2 is 1.90 bits per heavy atom. The van der Waals surface area contributed by atoms with Crippen molar-refractivity contribution in [3.05, 3.63) is 34.9 Å². The first-order chi connectivity index (χ1) is 9.72. The Morgan fingerprint density at radius 3 is 2.65 bits per heavy atom. The molecule has 1 amide bonds. The van der Waals surface area contributed by atoms with Crippen LogP contribution < -0.4 is 5.32 Å². The molecule has 2 aliphatic carbocycles. The van der Waals surface area contributed by atoms with Crippen LogP contribution in [0, 0.1) is 5.41 Å². The molecule has 3 rings (SSSR count). The average molecular weight is 292 g/mol. The number of rotatable bonds is 4. The van der Waals surface area contributed by atoms with Gasteiger partial charge in [-0.3, -0.25) is 4.79 Å². The first-order valence-corrected chi connectivity index (χ1v) is 8.22. The Labute approximate surface area is 125 Å². The van der Waals surface area contributed by atoms with Gasteiger partial charge >= 0.3 is 0 Å². The molecule has 1 aromatic rings. The summed E-state index contributed by atoms with van der Waals surface area (Å²) in [4.78, 5) is 12.3. The Morgan fingerprint density at radius 1 is 1.15 bits per heavy atom. The fraction of sp³-hybridized carbons (Fsp3) is 0.588. The minimum absolute atomic E-state index is 0.0519. The fourth-order valence-corrected chi connectivity index (χ4v) is 3.93. The Kier molecular flexibility index (Phi) is 4.02. The van der Waals surface area contributed by atoms with E-state index in [1.54, 1.807) is 0 Å². The molecular formula is C17H22ClNO. The molecule has 0 heterocycles. The zero-order valence-corrected chi connectivity index (χ0v) is 12.6. The standard InChI is InChI=1S/C17H22ClNO/c18-11-17(8-1-2-9-17)12-19-16(20)15-7-6-13-4-3-5-14(13)10-15/h6-7,10H,1-5,8-9,11-12H2,(H,19,20). The van der Waals surface area contributed by atoms with Gasteiger partial charge in [0.2, 0.25) is 0 Å². The van der Waals surface area contributed by atoms with Crippen LogP contribution in [0.2, 0.25) is 0 Å². The van der Waals surface area contributed by atoms with Gasteiger partial charge in [0.1, 0.15) is 0 Å². The second kappa shape index (κ2) is 5.77. The summed E-state index contributed by atoms with van der Waals surface area (Å²) in [6, 6.07) is 6.14. The molecule has 0 unspecified atom stereocenters. The minimum atomic E-state index is 0.0519. The van der Waals surface area contributed by atoms with Crippen molar-refractivity contribution in [3.63, 3.8) is 0 Å². The van der Waals surface area contributed by atoms with Gasteiger partial charge in [-0.2, -0.15) is 0 Å². The number of fused-ring (bicyclic) bond motifs is 1. The summed E-state index contributed by atoms with van der Waals surface area (Å²) in [5.74, 6) is 0.702. The summed E-state index contributed by atoms with van der Waals surface area (Å²) in [5, 5.41) is 3.10. The molecule has 2 nitrogen and oxygen atoms in total. The Hall–Kier alpha value is -1.02. The van der Waals surface area contributed by atoms with Crippen LogP contribution in [0.5, 0.6) is 0 Å². The third-order valence-corrected chi connectivity index (χ3v) is 5.50. The lowest BCUT2D eigenvalue weighted by Crippen LogP contribution is -2.37. The van der Waals surface area contributed by atoms with E-state index >= 15 is 0 Å². The van der Waals surface area contributed by atoms with Crippen LogP contribution in [0.1, 0.15) is 53.6 Å². The number of alkyl halides is 1. The SMILES string of the molecule is O=C(NCC1(CCl)CCCC1)c1ccc2c(c1)CCC2. The summed E-state index contributed by atoms with van der Waals surface area (Å²) in [6.07, 6.45) is 8.25. The van der Waals surface area contributed by atoms with Gasteiger partial charge in [0.15, 0.2) is 0 Å². The molecule has 3 heteroatoms. The first kappa shape index (κ1) is 13.9. The zero-order chi connectivity index (χ0) is 14.0. The molecule has 0 bridgehead atoms. The number of carbonyl (C=O) groups excluding carboxylic acids is 1. The molecular weight excluding hydrogens is 270 g/mol. The van der Waals surface area contributed by atoms with Crippen LogP contribution in [0.3, 0.4) is 0 Å². The van der Waals surface area contributed by atoms with Crippen molar-refractivity contribution in [1.82, 2.24) is 5.32 Å². The minimum Gasteiger partial charge on any atom is -0.351 e. The Bertz CT molecular complexity index is 506. The van der Waals surface area contributed by atoms with Gasteiger partial charge in [-0.25, -0.2) is 0 Å². The predicted octanol–water partition coefficient (Wildman–Crippen LogP) is 3.70. The summed E-state index contributed by atoms with van der Waals surface area (Å²) in [5.41, 5.74) is 3.70. The molecule has 1 fully saturated rings. The number of amides is 1. The molecule has 0 aromatic heterocycles. The van der Waals surface area contributed by atoms with Crippen LogP contribution in [0.15, 0.2) is 18.2 Å². The smallest absolute Gasteiger partial charge is 0.251 e. The maximum absolute atomic E-state index is 12.3.